The first-order valence-corrected chi connectivity index (χ1v) is 14.3. The summed E-state index contributed by atoms with van der Waals surface area (Å²) in [5.74, 6) is -2.47. The second-order valence-corrected chi connectivity index (χ2v) is 11.6. The van der Waals surface area contributed by atoms with E-state index in [0.717, 1.165) is 57.3 Å². The number of nitrogens with one attached hydrogen (secondary N) is 1. The lowest BCUT2D eigenvalue weighted by Gasteiger charge is -2.34. The van der Waals surface area contributed by atoms with Crippen LogP contribution in [0, 0.1) is 24.7 Å². The lowest BCUT2D eigenvalue weighted by atomic mass is 9.89. The number of carboxylic acids is 1. The van der Waals surface area contributed by atoms with E-state index in [9.17, 15) is 18.7 Å². The predicted molar refractivity (Wildman–Crippen MR) is 150 cm³/mol. The summed E-state index contributed by atoms with van der Waals surface area (Å²) in [5.41, 5.74) is 1.13. The third-order valence-corrected chi connectivity index (χ3v) is 8.12. The van der Waals surface area contributed by atoms with Crippen LogP contribution in [0.1, 0.15) is 69.9 Å². The van der Waals surface area contributed by atoms with Crippen LogP contribution in [0.4, 0.5) is 8.78 Å². The van der Waals surface area contributed by atoms with Crippen molar-refractivity contribution >= 4 is 5.97 Å². The number of carboxylic acid groups (broad SMARTS) is 1. The first-order valence-electron chi connectivity index (χ1n) is 14.3. The fraction of sp³-hybridized carbons (Fsp3) is 0.594. The Kier molecular flexibility index (Phi) is 11.7. The molecule has 38 heavy (non-hydrogen) atoms. The van der Waals surface area contributed by atoms with Crippen LogP contribution in [0.3, 0.4) is 0 Å². The van der Waals surface area contributed by atoms with E-state index in [4.69, 9.17) is 0 Å². The maximum absolute atomic E-state index is 14.6. The summed E-state index contributed by atoms with van der Waals surface area (Å²) in [6.45, 7) is 8.82. The SMILES string of the molecule is Cc1ccc(C(F)(F)CCC2CCN(C[C@@H]3CCC(NC(C(=O)O)C(C)C)C3)CC2)cc1.c1ccccc1. The average molecular weight is 529 g/mol. The number of hydrogen-bond donors (Lipinski definition) is 2. The summed E-state index contributed by atoms with van der Waals surface area (Å²) < 4.78 is 29.1. The Labute approximate surface area is 227 Å². The monoisotopic (exact) mass is 528 g/mol. The van der Waals surface area contributed by atoms with Crippen LogP contribution in [0.25, 0.3) is 0 Å². The first kappa shape index (κ1) is 30.2. The van der Waals surface area contributed by atoms with E-state index in [1.54, 1.807) is 24.3 Å². The van der Waals surface area contributed by atoms with E-state index in [-0.39, 0.29) is 23.9 Å². The van der Waals surface area contributed by atoms with Gasteiger partial charge in [-0.3, -0.25) is 4.79 Å². The Morgan fingerprint density at radius 2 is 1.55 bits per heavy atom. The van der Waals surface area contributed by atoms with E-state index >= 15 is 0 Å². The fourth-order valence-electron chi connectivity index (χ4n) is 5.73. The minimum absolute atomic E-state index is 0.0721. The van der Waals surface area contributed by atoms with Gasteiger partial charge in [0, 0.05) is 24.6 Å². The molecule has 1 aliphatic heterocycles. The fourth-order valence-corrected chi connectivity index (χ4v) is 5.73. The molecule has 3 atom stereocenters. The molecule has 6 heteroatoms. The predicted octanol–water partition coefficient (Wildman–Crippen LogP) is 7.13. The van der Waals surface area contributed by atoms with Gasteiger partial charge in [-0.2, -0.15) is 0 Å². The van der Waals surface area contributed by atoms with Crippen molar-refractivity contribution in [2.75, 3.05) is 19.6 Å². The largest absolute Gasteiger partial charge is 0.480 e. The van der Waals surface area contributed by atoms with Crippen molar-refractivity contribution in [3.05, 3.63) is 71.8 Å². The maximum atomic E-state index is 14.6. The number of hydrogen-bond acceptors (Lipinski definition) is 3. The van der Waals surface area contributed by atoms with Gasteiger partial charge >= 0.3 is 5.97 Å². The Morgan fingerprint density at radius 3 is 2.08 bits per heavy atom. The van der Waals surface area contributed by atoms with Crippen molar-refractivity contribution in [3.63, 3.8) is 0 Å². The third kappa shape index (κ3) is 9.77. The summed E-state index contributed by atoms with van der Waals surface area (Å²) in [6.07, 6.45) is 5.68. The molecule has 2 N–H and O–H groups in total. The standard InChI is InChI=1S/C26H40F2N2O2.C6H6/c1-18(2)24(25(31)32)29-23-9-6-21(16-23)17-30-14-11-20(12-15-30)10-13-26(27,28)22-7-4-19(3)5-8-22;1-2-4-6-5-3-1/h4-5,7-8,18,20-21,23-24,29H,6,9-17H2,1-3H3,(H,31,32);1-6H/t21-,23?,24?;/m1./s1. The van der Waals surface area contributed by atoms with Crippen LogP contribution in [-0.2, 0) is 10.7 Å². The number of nitrogens with zero attached hydrogens (tertiary/aromatic N) is 1. The Hall–Kier alpha value is -2.31. The number of benzene rings is 2. The normalized spacial score (nSPS) is 21.6. The highest BCUT2D eigenvalue weighted by Crippen LogP contribution is 2.36. The minimum atomic E-state index is -2.75. The maximum Gasteiger partial charge on any atom is 0.320 e. The second-order valence-electron chi connectivity index (χ2n) is 11.6. The van der Waals surface area contributed by atoms with Gasteiger partial charge in [0.15, 0.2) is 0 Å². The van der Waals surface area contributed by atoms with Gasteiger partial charge in [0.1, 0.15) is 6.04 Å². The smallest absolute Gasteiger partial charge is 0.320 e. The molecule has 210 valence electrons. The topological polar surface area (TPSA) is 52.6 Å². The number of aliphatic carboxylic acids is 1. The van der Waals surface area contributed by atoms with Crippen LogP contribution in [-0.4, -0.2) is 47.7 Å². The zero-order chi connectivity index (χ0) is 27.5. The van der Waals surface area contributed by atoms with Gasteiger partial charge in [-0.05, 0) is 76.3 Å². The van der Waals surface area contributed by atoms with Gasteiger partial charge in [-0.15, -0.1) is 0 Å². The van der Waals surface area contributed by atoms with Crippen LogP contribution in [0.15, 0.2) is 60.7 Å². The Morgan fingerprint density at radius 1 is 0.974 bits per heavy atom. The van der Waals surface area contributed by atoms with Crippen molar-refractivity contribution in [1.29, 1.82) is 0 Å². The molecule has 0 radical (unpaired) electrons. The molecule has 2 unspecified atom stereocenters. The molecule has 0 amide bonds. The van der Waals surface area contributed by atoms with Gasteiger partial charge in [-0.1, -0.05) is 80.1 Å². The molecule has 4 nitrogen and oxygen atoms in total. The lowest BCUT2D eigenvalue weighted by molar-refractivity contribution is -0.140. The molecular weight excluding hydrogens is 482 g/mol. The van der Waals surface area contributed by atoms with Gasteiger partial charge in [0.2, 0.25) is 0 Å². The molecule has 4 rings (SSSR count). The highest BCUT2D eigenvalue weighted by molar-refractivity contribution is 5.73. The molecule has 1 saturated heterocycles. The second kappa shape index (κ2) is 14.7. The van der Waals surface area contributed by atoms with Crippen molar-refractivity contribution in [2.24, 2.45) is 17.8 Å². The van der Waals surface area contributed by atoms with Crippen LogP contribution < -0.4 is 5.32 Å². The summed E-state index contributed by atoms with van der Waals surface area (Å²) in [5, 5.41) is 12.8. The van der Waals surface area contributed by atoms with Gasteiger partial charge in [0.25, 0.3) is 5.92 Å². The average Bonchev–Trinajstić information content (AvgIpc) is 3.35. The molecule has 1 heterocycles. The minimum Gasteiger partial charge on any atom is -0.480 e. The Balaban J connectivity index is 0.000000585. The van der Waals surface area contributed by atoms with E-state index in [2.05, 4.69) is 10.2 Å². The lowest BCUT2D eigenvalue weighted by Crippen LogP contribution is -2.45. The summed E-state index contributed by atoms with van der Waals surface area (Å²) in [4.78, 5) is 13.9. The van der Waals surface area contributed by atoms with E-state index < -0.39 is 17.9 Å². The molecular formula is C32H46F2N2O2. The number of likely N-dealkylation sites (tertiary alicyclic amines) is 1. The zero-order valence-corrected chi connectivity index (χ0v) is 23.3. The Bertz CT molecular complexity index is 917. The zero-order valence-electron chi connectivity index (χ0n) is 23.3. The molecule has 0 aromatic heterocycles. The summed E-state index contributed by atoms with van der Waals surface area (Å²) >= 11 is 0. The highest BCUT2D eigenvalue weighted by atomic mass is 19.3. The molecule has 2 aromatic carbocycles. The quantitative estimate of drug-likeness (QED) is 0.344. The van der Waals surface area contributed by atoms with Crippen molar-refractivity contribution in [3.8, 4) is 0 Å². The molecule has 0 bridgehead atoms. The molecule has 2 fully saturated rings. The highest BCUT2D eigenvalue weighted by Gasteiger charge is 2.34. The molecule has 2 aliphatic rings. The van der Waals surface area contributed by atoms with Crippen LogP contribution >= 0.6 is 0 Å². The molecule has 0 spiro atoms. The molecule has 2 aromatic rings. The first-order chi connectivity index (χ1) is 18.1. The summed E-state index contributed by atoms with van der Waals surface area (Å²) in [6, 6.07) is 18.4. The number of alkyl halides is 2. The van der Waals surface area contributed by atoms with Crippen LogP contribution in [0.5, 0.6) is 0 Å². The third-order valence-electron chi connectivity index (χ3n) is 8.12. The van der Waals surface area contributed by atoms with Gasteiger partial charge in [-0.25, -0.2) is 8.78 Å². The van der Waals surface area contributed by atoms with E-state index in [0.29, 0.717) is 18.3 Å². The number of halogens is 2. The van der Waals surface area contributed by atoms with Gasteiger partial charge in [0.05, 0.1) is 0 Å². The number of rotatable bonds is 10. The van der Waals surface area contributed by atoms with Crippen molar-refractivity contribution < 1.29 is 18.7 Å². The summed E-state index contributed by atoms with van der Waals surface area (Å²) in [7, 11) is 0. The number of carbonyl (C=O) groups is 1. The molecule has 1 aliphatic carbocycles. The number of piperidine rings is 1. The van der Waals surface area contributed by atoms with Crippen molar-refractivity contribution in [2.45, 2.75) is 83.7 Å². The van der Waals surface area contributed by atoms with Crippen LogP contribution in [0.2, 0.25) is 0 Å². The van der Waals surface area contributed by atoms with Crippen molar-refractivity contribution in [1.82, 2.24) is 10.2 Å². The van der Waals surface area contributed by atoms with E-state index in [1.165, 1.54) is 0 Å². The number of aryl methyl sites for hydroxylation is 1. The van der Waals surface area contributed by atoms with Gasteiger partial charge < -0.3 is 15.3 Å². The molecule has 1 saturated carbocycles. The van der Waals surface area contributed by atoms with E-state index in [1.807, 2.05) is 57.2 Å².